The van der Waals surface area contributed by atoms with Crippen LogP contribution in [0.15, 0.2) is 78.1 Å². The first-order valence-corrected chi connectivity index (χ1v) is 16.0. The van der Waals surface area contributed by atoms with Crippen molar-refractivity contribution in [1.82, 2.24) is 19.9 Å². The Morgan fingerprint density at radius 1 is 1.09 bits per heavy atom. The van der Waals surface area contributed by atoms with Gasteiger partial charge >= 0.3 is 0 Å². The maximum absolute atomic E-state index is 11.7. The Hall–Kier alpha value is -4.59. The van der Waals surface area contributed by atoms with Crippen LogP contribution in [0.3, 0.4) is 0 Å². The number of benzene rings is 2. The fraction of sp³-hybridized carbons (Fsp3) is 0.273. The van der Waals surface area contributed by atoms with Crippen LogP contribution in [0.25, 0.3) is 17.2 Å². The van der Waals surface area contributed by atoms with Crippen molar-refractivity contribution in [1.29, 1.82) is 5.26 Å². The van der Waals surface area contributed by atoms with Gasteiger partial charge in [-0.2, -0.15) is 10.2 Å². The summed E-state index contributed by atoms with van der Waals surface area (Å²) in [5.41, 5.74) is 5.48. The number of hydrogen-bond acceptors (Lipinski definition) is 9. The molecular formula is C33H34N6O3S. The van der Waals surface area contributed by atoms with E-state index in [0.717, 1.165) is 65.9 Å². The standard InChI is InChI=1S/C33H34N6O3S/c1-23-18-26(6-4-14-34)19-24(2)31(23)42-32-30(27-7-5-15-35-20-27)21-36-33(38-32)37-28-12-16-39(17-13-28)22-25-8-10-29(11-9-25)43(3,40)41/h4-11,15,18-21,28H,12-13,16-17,22H2,1-3H3,(H,36,37,38)/b6-4+. The minimum absolute atomic E-state index is 0.204. The largest absolute Gasteiger partial charge is 0.438 e. The van der Waals surface area contributed by atoms with Gasteiger partial charge in [-0.3, -0.25) is 9.88 Å². The van der Waals surface area contributed by atoms with E-state index in [1.54, 1.807) is 36.8 Å². The molecule has 0 spiro atoms. The van der Waals surface area contributed by atoms with E-state index in [0.29, 0.717) is 22.5 Å². The van der Waals surface area contributed by atoms with E-state index in [9.17, 15) is 8.42 Å². The number of anilines is 1. The van der Waals surface area contributed by atoms with Crippen molar-refractivity contribution < 1.29 is 13.2 Å². The third-order valence-electron chi connectivity index (χ3n) is 7.44. The molecule has 10 heteroatoms. The number of aryl methyl sites for hydroxylation is 2. The first-order chi connectivity index (χ1) is 20.7. The number of ether oxygens (including phenoxy) is 1. The molecule has 0 atom stereocenters. The average Bonchev–Trinajstić information content (AvgIpc) is 2.99. The molecule has 3 heterocycles. The number of hydrogen-bond donors (Lipinski definition) is 1. The molecule has 1 N–H and O–H groups in total. The summed E-state index contributed by atoms with van der Waals surface area (Å²) < 4.78 is 30.0. The van der Waals surface area contributed by atoms with E-state index in [-0.39, 0.29) is 6.04 Å². The van der Waals surface area contributed by atoms with Gasteiger partial charge < -0.3 is 10.1 Å². The lowest BCUT2D eigenvalue weighted by atomic mass is 10.0. The number of nitrogens with zero attached hydrogens (tertiary/aromatic N) is 5. The van der Waals surface area contributed by atoms with Crippen molar-refractivity contribution in [2.45, 2.75) is 44.2 Å². The summed E-state index contributed by atoms with van der Waals surface area (Å²) in [6.07, 6.45) is 11.5. The minimum Gasteiger partial charge on any atom is -0.438 e. The van der Waals surface area contributed by atoms with E-state index in [1.165, 1.54) is 12.3 Å². The van der Waals surface area contributed by atoms with Crippen LogP contribution < -0.4 is 10.1 Å². The molecule has 1 fully saturated rings. The Labute approximate surface area is 252 Å². The first kappa shape index (κ1) is 29.9. The van der Waals surface area contributed by atoms with Gasteiger partial charge in [0.25, 0.3) is 0 Å². The van der Waals surface area contributed by atoms with Crippen molar-refractivity contribution in [2.24, 2.45) is 0 Å². The molecule has 4 aromatic rings. The van der Waals surface area contributed by atoms with Crippen LogP contribution in [0.1, 0.15) is 35.1 Å². The summed E-state index contributed by atoms with van der Waals surface area (Å²) in [6, 6.07) is 17.1. The summed E-state index contributed by atoms with van der Waals surface area (Å²) in [6.45, 7) is 6.52. The smallest absolute Gasteiger partial charge is 0.232 e. The zero-order valence-corrected chi connectivity index (χ0v) is 25.3. The highest BCUT2D eigenvalue weighted by Crippen LogP contribution is 2.35. The number of nitriles is 1. The lowest BCUT2D eigenvalue weighted by molar-refractivity contribution is 0.211. The second kappa shape index (κ2) is 13.2. The van der Waals surface area contributed by atoms with Crippen LogP contribution in [0.4, 0.5) is 5.95 Å². The van der Waals surface area contributed by atoms with Crippen LogP contribution in [-0.4, -0.2) is 53.7 Å². The van der Waals surface area contributed by atoms with Crippen LogP contribution in [-0.2, 0) is 16.4 Å². The molecular weight excluding hydrogens is 560 g/mol. The van der Waals surface area contributed by atoms with E-state index in [2.05, 4.69) is 20.2 Å². The van der Waals surface area contributed by atoms with Crippen LogP contribution >= 0.6 is 0 Å². The summed E-state index contributed by atoms with van der Waals surface area (Å²) in [7, 11) is -3.20. The molecule has 2 aromatic heterocycles. The van der Waals surface area contributed by atoms with Crippen molar-refractivity contribution in [3.63, 3.8) is 0 Å². The summed E-state index contributed by atoms with van der Waals surface area (Å²) in [5.74, 6) is 1.65. The fourth-order valence-electron chi connectivity index (χ4n) is 5.22. The van der Waals surface area contributed by atoms with Crippen molar-refractivity contribution >= 4 is 21.9 Å². The number of allylic oxidation sites excluding steroid dienone is 1. The van der Waals surface area contributed by atoms with Gasteiger partial charge in [-0.25, -0.2) is 13.4 Å². The average molecular weight is 595 g/mol. The molecule has 220 valence electrons. The molecule has 0 amide bonds. The van der Waals surface area contributed by atoms with Gasteiger partial charge in [-0.15, -0.1) is 0 Å². The number of piperidine rings is 1. The topological polar surface area (TPSA) is 121 Å². The number of rotatable bonds is 9. The zero-order valence-electron chi connectivity index (χ0n) is 24.5. The lowest BCUT2D eigenvalue weighted by Crippen LogP contribution is -2.39. The highest BCUT2D eigenvalue weighted by atomic mass is 32.2. The summed E-state index contributed by atoms with van der Waals surface area (Å²) >= 11 is 0. The molecule has 9 nitrogen and oxygen atoms in total. The van der Waals surface area contributed by atoms with E-state index < -0.39 is 9.84 Å². The molecule has 0 aliphatic carbocycles. The molecule has 0 radical (unpaired) electrons. The third kappa shape index (κ3) is 7.63. The van der Waals surface area contributed by atoms with Crippen molar-refractivity contribution in [3.8, 4) is 28.8 Å². The molecule has 1 aliphatic heterocycles. The third-order valence-corrected chi connectivity index (χ3v) is 8.57. The van der Waals surface area contributed by atoms with Gasteiger partial charge in [0.2, 0.25) is 11.8 Å². The monoisotopic (exact) mass is 594 g/mol. The Bertz CT molecular complexity index is 1740. The maximum Gasteiger partial charge on any atom is 0.232 e. The highest BCUT2D eigenvalue weighted by Gasteiger charge is 2.22. The molecule has 0 bridgehead atoms. The van der Waals surface area contributed by atoms with Gasteiger partial charge in [0.15, 0.2) is 9.84 Å². The van der Waals surface area contributed by atoms with Crippen LogP contribution in [0.5, 0.6) is 11.6 Å². The van der Waals surface area contributed by atoms with E-state index >= 15 is 0 Å². The quantitative estimate of drug-likeness (QED) is 0.234. The van der Waals surface area contributed by atoms with Gasteiger partial charge in [0.1, 0.15) is 5.75 Å². The van der Waals surface area contributed by atoms with Crippen molar-refractivity contribution in [2.75, 3.05) is 24.7 Å². The molecule has 0 saturated carbocycles. The predicted molar refractivity (Wildman–Crippen MR) is 167 cm³/mol. The van der Waals surface area contributed by atoms with Gasteiger partial charge in [0.05, 0.1) is 16.5 Å². The van der Waals surface area contributed by atoms with Crippen LogP contribution in [0.2, 0.25) is 0 Å². The Kier molecular flexibility index (Phi) is 9.14. The number of pyridine rings is 1. The molecule has 1 aliphatic rings. The van der Waals surface area contributed by atoms with Gasteiger partial charge in [0, 0.05) is 62.2 Å². The lowest BCUT2D eigenvalue weighted by Gasteiger charge is -2.32. The molecule has 1 saturated heterocycles. The normalized spacial score (nSPS) is 14.5. The number of sulfone groups is 1. The van der Waals surface area contributed by atoms with Crippen LogP contribution in [0, 0.1) is 25.2 Å². The number of likely N-dealkylation sites (tertiary alicyclic amines) is 1. The molecule has 0 unspecified atom stereocenters. The second-order valence-electron chi connectivity index (χ2n) is 10.8. The Balaban J connectivity index is 1.30. The molecule has 2 aromatic carbocycles. The zero-order chi connectivity index (χ0) is 30.4. The highest BCUT2D eigenvalue weighted by molar-refractivity contribution is 7.90. The minimum atomic E-state index is -3.20. The maximum atomic E-state index is 11.7. The Morgan fingerprint density at radius 3 is 2.44 bits per heavy atom. The molecule has 5 rings (SSSR count). The van der Waals surface area contributed by atoms with E-state index in [4.69, 9.17) is 15.0 Å². The SMILES string of the molecule is Cc1cc(/C=C/C#N)cc(C)c1Oc1nc(NC2CCN(Cc3ccc(S(C)(=O)=O)cc3)CC2)ncc1-c1cccnc1. The predicted octanol–water partition coefficient (Wildman–Crippen LogP) is 5.96. The second-order valence-corrected chi connectivity index (χ2v) is 12.8. The van der Waals surface area contributed by atoms with Crippen molar-refractivity contribution in [3.05, 3.63) is 95.5 Å². The molecule has 43 heavy (non-hydrogen) atoms. The number of aromatic nitrogens is 3. The Morgan fingerprint density at radius 2 is 1.81 bits per heavy atom. The number of nitrogens with one attached hydrogen (secondary N) is 1. The van der Waals surface area contributed by atoms with Gasteiger partial charge in [-0.1, -0.05) is 18.2 Å². The summed E-state index contributed by atoms with van der Waals surface area (Å²) in [4.78, 5) is 16.4. The fourth-order valence-corrected chi connectivity index (χ4v) is 5.85. The first-order valence-electron chi connectivity index (χ1n) is 14.1. The van der Waals surface area contributed by atoms with Gasteiger partial charge in [-0.05, 0) is 85.4 Å². The summed E-state index contributed by atoms with van der Waals surface area (Å²) in [5, 5.41) is 12.4. The van der Waals surface area contributed by atoms with E-state index in [1.807, 2.05) is 56.3 Å².